The van der Waals surface area contributed by atoms with Gasteiger partial charge in [0, 0.05) is 48.3 Å². The lowest BCUT2D eigenvalue weighted by molar-refractivity contribution is -0.137. The number of pyridine rings is 1. The predicted molar refractivity (Wildman–Crippen MR) is 133 cm³/mol. The fourth-order valence-electron chi connectivity index (χ4n) is 4.79. The maximum Gasteiger partial charge on any atom is 0.419 e. The molecule has 1 aromatic carbocycles. The lowest BCUT2D eigenvalue weighted by Crippen LogP contribution is -2.29. The van der Waals surface area contributed by atoms with Crippen molar-refractivity contribution in [3.8, 4) is 0 Å². The van der Waals surface area contributed by atoms with E-state index in [9.17, 15) is 18.3 Å². The normalized spacial score (nSPS) is 17.0. The number of anilines is 3. The first kappa shape index (κ1) is 24.5. The highest BCUT2D eigenvalue weighted by atomic mass is 19.4. The minimum atomic E-state index is -4.47. The van der Waals surface area contributed by atoms with Gasteiger partial charge < -0.3 is 15.3 Å². The van der Waals surface area contributed by atoms with Gasteiger partial charge in [-0.2, -0.15) is 13.2 Å². The second kappa shape index (κ2) is 9.35. The van der Waals surface area contributed by atoms with Crippen LogP contribution < -0.4 is 10.2 Å². The van der Waals surface area contributed by atoms with Crippen LogP contribution in [0.15, 0.2) is 42.6 Å². The first-order chi connectivity index (χ1) is 17.2. The number of nitrogens with zero attached hydrogens (tertiary/aromatic N) is 4. The fourth-order valence-corrected chi connectivity index (χ4v) is 4.79. The van der Waals surface area contributed by atoms with Gasteiger partial charge in [-0.1, -0.05) is 26.0 Å². The Hall–Kier alpha value is -3.20. The van der Waals surface area contributed by atoms with Crippen molar-refractivity contribution in [2.24, 2.45) is 0 Å². The number of fused-ring (bicyclic) bond motifs is 1. The van der Waals surface area contributed by atoms with Crippen LogP contribution in [0.4, 0.5) is 30.5 Å². The molecular weight excluding hydrogens is 467 g/mol. The zero-order valence-electron chi connectivity index (χ0n) is 20.4. The molecule has 3 aromatic rings. The Labute approximate surface area is 208 Å². The zero-order valence-corrected chi connectivity index (χ0v) is 20.4. The molecule has 6 nitrogen and oxygen atoms in total. The van der Waals surface area contributed by atoms with Crippen LogP contribution in [0.1, 0.15) is 60.8 Å². The van der Waals surface area contributed by atoms with Crippen molar-refractivity contribution in [2.75, 3.05) is 29.9 Å². The highest BCUT2D eigenvalue weighted by Gasteiger charge is 2.43. The average Bonchev–Trinajstić information content (AvgIpc) is 3.68. The summed E-state index contributed by atoms with van der Waals surface area (Å²) in [6.07, 6.45) is -0.0833. The van der Waals surface area contributed by atoms with Crippen molar-refractivity contribution in [3.63, 3.8) is 0 Å². The summed E-state index contributed by atoms with van der Waals surface area (Å²) >= 11 is 0. The quantitative estimate of drug-likeness (QED) is 0.476. The van der Waals surface area contributed by atoms with Crippen LogP contribution >= 0.6 is 0 Å². The van der Waals surface area contributed by atoms with E-state index in [1.54, 1.807) is 4.90 Å². The summed E-state index contributed by atoms with van der Waals surface area (Å²) in [6, 6.07) is 10.4. The van der Waals surface area contributed by atoms with Crippen molar-refractivity contribution < 1.29 is 18.3 Å². The standard InChI is InChI=1S/C27H30F3N5O/c1-17(2)23-33-22-10-15-35(25-21(27(28,29)30)4-3-13-31-25)14-9-20(22)24(34-23)32-19-7-5-18(6-8-19)26(16-36)11-12-26/h3-8,13,17,36H,9-12,14-16H2,1-2H3,(H,32,33,34). The molecule has 0 radical (unpaired) electrons. The number of aromatic nitrogens is 3. The van der Waals surface area contributed by atoms with Crippen LogP contribution in [-0.4, -0.2) is 39.8 Å². The largest absolute Gasteiger partial charge is 0.419 e. The molecule has 0 saturated heterocycles. The summed E-state index contributed by atoms with van der Waals surface area (Å²) in [5, 5.41) is 13.2. The molecule has 2 N–H and O–H groups in total. The molecule has 0 unspecified atom stereocenters. The molecule has 2 aromatic heterocycles. The molecule has 1 fully saturated rings. The highest BCUT2D eigenvalue weighted by Crippen LogP contribution is 2.47. The summed E-state index contributed by atoms with van der Waals surface area (Å²) in [7, 11) is 0. The number of aliphatic hydroxyl groups excluding tert-OH is 1. The van der Waals surface area contributed by atoms with Gasteiger partial charge in [0.2, 0.25) is 0 Å². The highest BCUT2D eigenvalue weighted by molar-refractivity contribution is 5.62. The number of halogens is 3. The Morgan fingerprint density at radius 3 is 2.42 bits per heavy atom. The number of rotatable bonds is 6. The van der Waals surface area contributed by atoms with Crippen molar-refractivity contribution in [2.45, 2.75) is 57.0 Å². The van der Waals surface area contributed by atoms with Crippen LogP contribution in [0.2, 0.25) is 0 Å². The number of benzene rings is 1. The molecule has 2 aliphatic rings. The van der Waals surface area contributed by atoms with Gasteiger partial charge in [0.25, 0.3) is 0 Å². The summed E-state index contributed by atoms with van der Waals surface area (Å²) < 4.78 is 40.9. The molecule has 190 valence electrons. The number of hydrogen-bond donors (Lipinski definition) is 2. The molecule has 1 saturated carbocycles. The Balaban J connectivity index is 1.44. The Morgan fingerprint density at radius 1 is 1.06 bits per heavy atom. The van der Waals surface area contributed by atoms with Crippen molar-refractivity contribution in [1.29, 1.82) is 0 Å². The molecule has 0 atom stereocenters. The zero-order chi connectivity index (χ0) is 25.5. The number of nitrogens with one attached hydrogen (secondary N) is 1. The third-order valence-corrected chi connectivity index (χ3v) is 7.18. The van der Waals surface area contributed by atoms with Crippen molar-refractivity contribution in [1.82, 2.24) is 15.0 Å². The first-order valence-corrected chi connectivity index (χ1v) is 12.4. The maximum atomic E-state index is 13.6. The second-order valence-electron chi connectivity index (χ2n) is 10.0. The molecule has 1 aliphatic heterocycles. The van der Waals surface area contributed by atoms with Crippen LogP contribution in [0.5, 0.6) is 0 Å². The minimum absolute atomic E-state index is 0.0437. The van der Waals surface area contributed by atoms with Crippen LogP contribution in [0, 0.1) is 0 Å². The minimum Gasteiger partial charge on any atom is -0.395 e. The molecule has 36 heavy (non-hydrogen) atoms. The monoisotopic (exact) mass is 497 g/mol. The first-order valence-electron chi connectivity index (χ1n) is 12.4. The van der Waals surface area contributed by atoms with Crippen LogP contribution in [0.25, 0.3) is 0 Å². The third-order valence-electron chi connectivity index (χ3n) is 7.18. The Morgan fingerprint density at radius 2 is 1.78 bits per heavy atom. The van der Waals surface area contributed by atoms with Crippen molar-refractivity contribution in [3.05, 3.63) is 70.8 Å². The third kappa shape index (κ3) is 4.76. The van der Waals surface area contributed by atoms with E-state index in [2.05, 4.69) is 10.3 Å². The van der Waals surface area contributed by atoms with Gasteiger partial charge in [-0.15, -0.1) is 0 Å². The average molecular weight is 498 g/mol. The van der Waals surface area contributed by atoms with E-state index < -0.39 is 11.7 Å². The fraction of sp³-hybridized carbons (Fsp3) is 0.444. The number of alkyl halides is 3. The number of hydrogen-bond acceptors (Lipinski definition) is 6. The topological polar surface area (TPSA) is 74.2 Å². The van der Waals surface area contributed by atoms with E-state index in [0.29, 0.717) is 37.6 Å². The van der Waals surface area contributed by atoms with E-state index in [1.807, 2.05) is 38.1 Å². The molecule has 1 aliphatic carbocycles. The second-order valence-corrected chi connectivity index (χ2v) is 10.0. The van der Waals surface area contributed by atoms with E-state index >= 15 is 0 Å². The predicted octanol–water partition coefficient (Wildman–Crippen LogP) is 5.39. The Kier molecular flexibility index (Phi) is 6.36. The van der Waals surface area contributed by atoms with Gasteiger partial charge in [0.15, 0.2) is 0 Å². The number of aliphatic hydroxyl groups is 1. The van der Waals surface area contributed by atoms with Gasteiger partial charge in [0.05, 0.1) is 17.9 Å². The molecule has 5 rings (SSSR count). The van der Waals surface area contributed by atoms with Gasteiger partial charge >= 0.3 is 6.18 Å². The van der Waals surface area contributed by atoms with Crippen LogP contribution in [0.3, 0.4) is 0 Å². The van der Waals surface area contributed by atoms with Crippen LogP contribution in [-0.2, 0) is 24.4 Å². The molecule has 0 amide bonds. The molecular formula is C27H30F3N5O. The molecule has 9 heteroatoms. The van der Waals surface area contributed by atoms with Crippen molar-refractivity contribution >= 4 is 17.3 Å². The SMILES string of the molecule is CC(C)c1nc2c(c(Nc3ccc(C4(CO)CC4)cc3)n1)CCN(c1ncccc1C(F)(F)F)CC2. The maximum absolute atomic E-state index is 13.6. The lowest BCUT2D eigenvalue weighted by Gasteiger charge is -2.24. The van der Waals surface area contributed by atoms with E-state index in [4.69, 9.17) is 9.97 Å². The van der Waals surface area contributed by atoms with Gasteiger partial charge in [-0.25, -0.2) is 15.0 Å². The molecule has 3 heterocycles. The molecule has 0 bridgehead atoms. The van der Waals surface area contributed by atoms with Gasteiger partial charge in [0.1, 0.15) is 17.5 Å². The molecule has 0 spiro atoms. The van der Waals surface area contributed by atoms with E-state index in [1.165, 1.54) is 12.3 Å². The summed E-state index contributed by atoms with van der Waals surface area (Å²) in [5.41, 5.74) is 2.96. The van der Waals surface area contributed by atoms with E-state index in [-0.39, 0.29) is 23.8 Å². The summed E-state index contributed by atoms with van der Waals surface area (Å²) in [5.74, 6) is 1.45. The summed E-state index contributed by atoms with van der Waals surface area (Å²) in [6.45, 7) is 4.97. The van der Waals surface area contributed by atoms with Gasteiger partial charge in [-0.05, 0) is 49.1 Å². The Bertz CT molecular complexity index is 1240. The van der Waals surface area contributed by atoms with Gasteiger partial charge in [-0.3, -0.25) is 0 Å². The summed E-state index contributed by atoms with van der Waals surface area (Å²) in [4.78, 5) is 15.4. The van der Waals surface area contributed by atoms with E-state index in [0.717, 1.165) is 41.4 Å². The lowest BCUT2D eigenvalue weighted by atomic mass is 9.97. The smallest absolute Gasteiger partial charge is 0.395 e.